The van der Waals surface area contributed by atoms with Crippen molar-refractivity contribution in [1.29, 1.82) is 0 Å². The molecule has 0 atom stereocenters. The van der Waals surface area contributed by atoms with Crippen LogP contribution in [0.25, 0.3) is 65.4 Å². The van der Waals surface area contributed by atoms with Crippen LogP contribution >= 0.6 is 0 Å². The number of nitrogens with zero attached hydrogens (tertiary/aromatic N) is 4. The standard InChI is InChI=1S/C54H36N4/c1-54(49-17-7-5-15-45(49)46-16-6-8-18-50(46)54)39-23-28-42(29-24-39)57(51-19-9-12-37-11-3-4-14-44(37)51)41-26-20-36(21-27-41)38-22-31-52-48(33-38)47-30-25-40(55-2)34-53(47)58(52)43-13-10-32-56-35-43/h3-35H,1H3. The molecule has 4 nitrogen and oxygen atoms in total. The summed E-state index contributed by atoms with van der Waals surface area (Å²) >= 11 is 0. The minimum Gasteiger partial charge on any atom is -0.310 e. The second-order valence-corrected chi connectivity index (χ2v) is 15.2. The lowest BCUT2D eigenvalue weighted by Crippen LogP contribution is -2.22. The smallest absolute Gasteiger partial charge is 0.189 e. The lowest BCUT2D eigenvalue weighted by Gasteiger charge is -2.30. The fourth-order valence-electron chi connectivity index (χ4n) is 9.36. The zero-order chi connectivity index (χ0) is 38.8. The molecule has 4 heteroatoms. The maximum atomic E-state index is 7.67. The van der Waals surface area contributed by atoms with Crippen LogP contribution in [0.5, 0.6) is 0 Å². The summed E-state index contributed by atoms with van der Waals surface area (Å²) in [5, 5.41) is 4.64. The molecule has 58 heavy (non-hydrogen) atoms. The average Bonchev–Trinajstić information content (AvgIpc) is 3.76. The third kappa shape index (κ3) is 5.11. The van der Waals surface area contributed by atoms with Crippen LogP contribution in [0.2, 0.25) is 0 Å². The quantitative estimate of drug-likeness (QED) is 0.159. The van der Waals surface area contributed by atoms with Gasteiger partial charge < -0.3 is 9.47 Å². The second-order valence-electron chi connectivity index (χ2n) is 15.2. The molecule has 8 aromatic carbocycles. The first kappa shape index (κ1) is 33.6. The van der Waals surface area contributed by atoms with Crippen molar-refractivity contribution in [3.63, 3.8) is 0 Å². The highest BCUT2D eigenvalue weighted by Crippen LogP contribution is 2.52. The number of benzene rings is 8. The van der Waals surface area contributed by atoms with Gasteiger partial charge in [-0.1, -0.05) is 127 Å². The predicted molar refractivity (Wildman–Crippen MR) is 240 cm³/mol. The largest absolute Gasteiger partial charge is 0.310 e. The van der Waals surface area contributed by atoms with Crippen LogP contribution in [0.1, 0.15) is 23.6 Å². The number of rotatable bonds is 6. The predicted octanol–water partition coefficient (Wildman–Crippen LogP) is 14.4. The van der Waals surface area contributed by atoms with E-state index < -0.39 is 0 Å². The first-order valence-corrected chi connectivity index (χ1v) is 19.6. The normalized spacial score (nSPS) is 12.7. The molecule has 0 unspecified atom stereocenters. The molecule has 0 saturated carbocycles. The molecule has 0 radical (unpaired) electrons. The van der Waals surface area contributed by atoms with E-state index in [9.17, 15) is 0 Å². The molecule has 1 aliphatic rings. The van der Waals surface area contributed by atoms with Crippen LogP contribution in [0.4, 0.5) is 22.7 Å². The van der Waals surface area contributed by atoms with Crippen LogP contribution in [0, 0.1) is 6.57 Å². The number of aromatic nitrogens is 2. The van der Waals surface area contributed by atoms with E-state index in [1.807, 2.05) is 24.4 Å². The molecule has 2 heterocycles. The van der Waals surface area contributed by atoms with Gasteiger partial charge in [0.2, 0.25) is 0 Å². The highest BCUT2D eigenvalue weighted by molar-refractivity contribution is 6.11. The van der Waals surface area contributed by atoms with E-state index in [4.69, 9.17) is 6.57 Å². The van der Waals surface area contributed by atoms with Gasteiger partial charge in [0.1, 0.15) is 0 Å². The maximum Gasteiger partial charge on any atom is 0.189 e. The number of hydrogen-bond donors (Lipinski definition) is 0. The van der Waals surface area contributed by atoms with Gasteiger partial charge in [-0.05, 0) is 112 Å². The van der Waals surface area contributed by atoms with Crippen molar-refractivity contribution >= 4 is 55.3 Å². The summed E-state index contributed by atoms with van der Waals surface area (Å²) in [7, 11) is 0. The molecule has 0 amide bonds. The van der Waals surface area contributed by atoms with Gasteiger partial charge in [-0.25, -0.2) is 4.85 Å². The molecule has 0 N–H and O–H groups in total. The van der Waals surface area contributed by atoms with Crippen LogP contribution in [-0.2, 0) is 5.41 Å². The Bertz CT molecular complexity index is 3190. The maximum absolute atomic E-state index is 7.67. The Morgan fingerprint density at radius 1 is 0.552 bits per heavy atom. The van der Waals surface area contributed by atoms with Crippen molar-refractivity contribution in [2.24, 2.45) is 0 Å². The molecule has 0 bridgehead atoms. The molecule has 272 valence electrons. The highest BCUT2D eigenvalue weighted by Gasteiger charge is 2.40. The Labute approximate surface area is 337 Å². The molecule has 10 aromatic rings. The molecule has 0 spiro atoms. The SMILES string of the molecule is [C-]#[N+]c1ccc2c3cc(-c4ccc(N(c5ccc(C6(C)c7ccccc7-c7ccccc76)cc5)c5cccc6ccccc56)cc4)ccc3n(-c3cccnc3)c2c1. The third-order valence-corrected chi connectivity index (χ3v) is 12.2. The van der Waals surface area contributed by atoms with E-state index in [0.29, 0.717) is 5.69 Å². The van der Waals surface area contributed by atoms with Gasteiger partial charge in [-0.3, -0.25) is 4.98 Å². The monoisotopic (exact) mass is 740 g/mol. The van der Waals surface area contributed by atoms with Crippen molar-refractivity contribution in [3.8, 4) is 27.9 Å². The number of fused-ring (bicyclic) bond motifs is 7. The Kier molecular flexibility index (Phi) is 7.64. The summed E-state index contributed by atoms with van der Waals surface area (Å²) in [6.07, 6.45) is 3.66. The fraction of sp³-hybridized carbons (Fsp3) is 0.0370. The van der Waals surface area contributed by atoms with Crippen molar-refractivity contribution in [2.75, 3.05) is 4.90 Å². The Morgan fingerprint density at radius 3 is 1.95 bits per heavy atom. The summed E-state index contributed by atoms with van der Waals surface area (Å²) < 4.78 is 2.21. The van der Waals surface area contributed by atoms with Crippen molar-refractivity contribution in [2.45, 2.75) is 12.3 Å². The minimum absolute atomic E-state index is 0.262. The molecule has 0 saturated heterocycles. The Morgan fingerprint density at radius 2 is 1.22 bits per heavy atom. The summed E-state index contributed by atoms with van der Waals surface area (Å²) in [4.78, 5) is 10.5. The van der Waals surface area contributed by atoms with Crippen LogP contribution < -0.4 is 4.90 Å². The second kappa shape index (κ2) is 13.2. The Hall–Kier alpha value is -7.74. The van der Waals surface area contributed by atoms with Crippen LogP contribution in [0.15, 0.2) is 200 Å². The van der Waals surface area contributed by atoms with Gasteiger partial charge in [0.25, 0.3) is 0 Å². The number of pyridine rings is 1. The van der Waals surface area contributed by atoms with Gasteiger partial charge in [-0.2, -0.15) is 0 Å². The van der Waals surface area contributed by atoms with E-state index in [0.717, 1.165) is 55.7 Å². The van der Waals surface area contributed by atoms with Gasteiger partial charge in [0.15, 0.2) is 5.69 Å². The van der Waals surface area contributed by atoms with Gasteiger partial charge in [0.05, 0.1) is 29.7 Å². The third-order valence-electron chi connectivity index (χ3n) is 12.2. The van der Waals surface area contributed by atoms with Gasteiger partial charge in [-0.15, -0.1) is 0 Å². The van der Waals surface area contributed by atoms with Crippen LogP contribution in [0.3, 0.4) is 0 Å². The molecule has 0 aliphatic heterocycles. The molecular formula is C54H36N4. The number of hydrogen-bond acceptors (Lipinski definition) is 2. The zero-order valence-corrected chi connectivity index (χ0v) is 31.8. The minimum atomic E-state index is -0.262. The molecule has 1 aliphatic carbocycles. The van der Waals surface area contributed by atoms with Crippen molar-refractivity contribution < 1.29 is 0 Å². The average molecular weight is 741 g/mol. The molecule has 0 fully saturated rings. The summed E-state index contributed by atoms with van der Waals surface area (Å²) in [6.45, 7) is 10.0. The van der Waals surface area contributed by atoms with E-state index >= 15 is 0 Å². The first-order chi connectivity index (χ1) is 28.6. The zero-order valence-electron chi connectivity index (χ0n) is 31.8. The molecule has 2 aromatic heterocycles. The lowest BCUT2D eigenvalue weighted by atomic mass is 9.74. The Balaban J connectivity index is 1.02. The van der Waals surface area contributed by atoms with Gasteiger partial charge in [0, 0.05) is 44.7 Å². The molecular weight excluding hydrogens is 705 g/mol. The van der Waals surface area contributed by atoms with E-state index in [1.54, 1.807) is 6.20 Å². The van der Waals surface area contributed by atoms with E-state index in [-0.39, 0.29) is 5.41 Å². The fourth-order valence-corrected chi connectivity index (χ4v) is 9.36. The first-order valence-electron chi connectivity index (χ1n) is 19.6. The van der Waals surface area contributed by atoms with E-state index in [1.165, 1.54) is 38.6 Å². The lowest BCUT2D eigenvalue weighted by molar-refractivity contribution is 0.714. The molecule has 11 rings (SSSR count). The number of anilines is 3. The summed E-state index contributed by atoms with van der Waals surface area (Å²) in [6, 6.07) is 67.6. The van der Waals surface area contributed by atoms with Crippen molar-refractivity contribution in [3.05, 3.63) is 229 Å². The van der Waals surface area contributed by atoms with Crippen molar-refractivity contribution in [1.82, 2.24) is 9.55 Å². The van der Waals surface area contributed by atoms with Crippen LogP contribution in [-0.4, -0.2) is 9.55 Å². The van der Waals surface area contributed by atoms with Gasteiger partial charge >= 0.3 is 0 Å². The van der Waals surface area contributed by atoms with E-state index in [2.05, 4.69) is 196 Å². The highest BCUT2D eigenvalue weighted by atomic mass is 15.1. The topological polar surface area (TPSA) is 25.4 Å². The summed E-state index contributed by atoms with van der Waals surface area (Å²) in [5.74, 6) is 0. The summed E-state index contributed by atoms with van der Waals surface area (Å²) in [5.41, 5.74) is 15.6.